The number of aromatic nitrogens is 1. The summed E-state index contributed by atoms with van der Waals surface area (Å²) in [6.07, 6.45) is -1.32. The Bertz CT molecular complexity index is 689. The summed E-state index contributed by atoms with van der Waals surface area (Å²) in [5, 5.41) is 0. The fourth-order valence-corrected chi connectivity index (χ4v) is 2.49. The highest BCUT2D eigenvalue weighted by Crippen LogP contribution is 2.25. The van der Waals surface area contributed by atoms with Gasteiger partial charge in [0.15, 0.2) is 0 Å². The fraction of sp³-hybridized carbons (Fsp3) is 0.250. The summed E-state index contributed by atoms with van der Waals surface area (Å²) in [6, 6.07) is 9.67. The van der Waals surface area contributed by atoms with Gasteiger partial charge in [-0.1, -0.05) is 12.1 Å². The maximum Gasteiger partial charge on any atom is 0.406 e. The van der Waals surface area contributed by atoms with Gasteiger partial charge in [0.1, 0.15) is 12.4 Å². The highest BCUT2D eigenvalue weighted by atomic mass is 32.2. The fourth-order valence-electron chi connectivity index (χ4n) is 2.05. The number of hydrogen-bond donors (Lipinski definition) is 0. The lowest BCUT2D eigenvalue weighted by Gasteiger charge is -2.24. The summed E-state index contributed by atoms with van der Waals surface area (Å²) in [7, 11) is 0. The Hall–Kier alpha value is -2.02. The number of carbonyl (C=O) groups excluding carboxylic acids is 1. The highest BCUT2D eigenvalue weighted by Gasteiger charge is 2.35. The lowest BCUT2D eigenvalue weighted by Crippen LogP contribution is -2.40. The molecule has 7 heteroatoms. The maximum absolute atomic E-state index is 12.9. The molecule has 3 nitrogen and oxygen atoms in total. The number of hydrogen-bond acceptors (Lipinski definition) is 3. The van der Waals surface area contributed by atoms with E-state index in [1.165, 1.54) is 24.0 Å². The van der Waals surface area contributed by atoms with Crippen molar-refractivity contribution in [1.82, 2.24) is 4.98 Å². The van der Waals surface area contributed by atoms with Crippen molar-refractivity contribution in [2.45, 2.75) is 18.0 Å². The number of alkyl halides is 3. The Morgan fingerprint density at radius 1 is 1.26 bits per heavy atom. The number of benzene rings is 1. The van der Waals surface area contributed by atoms with Crippen LogP contribution in [0.3, 0.4) is 0 Å². The van der Waals surface area contributed by atoms with E-state index in [0.29, 0.717) is 10.5 Å². The van der Waals surface area contributed by atoms with Gasteiger partial charge in [0.05, 0.1) is 0 Å². The normalized spacial score (nSPS) is 11.3. The third-order valence-corrected chi connectivity index (χ3v) is 3.91. The van der Waals surface area contributed by atoms with E-state index >= 15 is 0 Å². The van der Waals surface area contributed by atoms with Crippen molar-refractivity contribution in [3.05, 3.63) is 53.7 Å². The van der Waals surface area contributed by atoms with Gasteiger partial charge in [-0.05, 0) is 43.0 Å². The zero-order valence-corrected chi connectivity index (χ0v) is 13.4. The predicted molar refractivity (Wildman–Crippen MR) is 84.9 cm³/mol. The number of nitrogens with zero attached hydrogens (tertiary/aromatic N) is 2. The van der Waals surface area contributed by atoms with E-state index in [2.05, 4.69) is 4.98 Å². The van der Waals surface area contributed by atoms with E-state index in [-0.39, 0.29) is 11.4 Å². The summed E-state index contributed by atoms with van der Waals surface area (Å²) in [5.74, 6) is -0.738. The van der Waals surface area contributed by atoms with Crippen LogP contribution in [0.4, 0.5) is 19.0 Å². The monoisotopic (exact) mass is 340 g/mol. The Morgan fingerprint density at radius 3 is 2.57 bits per heavy atom. The minimum atomic E-state index is -4.52. The van der Waals surface area contributed by atoms with E-state index in [1.54, 1.807) is 31.2 Å². The first kappa shape index (κ1) is 17.3. The summed E-state index contributed by atoms with van der Waals surface area (Å²) in [4.78, 5) is 18.0. The lowest BCUT2D eigenvalue weighted by molar-refractivity contribution is -0.118. The molecule has 0 unspecified atom stereocenters. The number of pyridine rings is 1. The Kier molecular flexibility index (Phi) is 5.30. The molecule has 1 aromatic carbocycles. The van der Waals surface area contributed by atoms with Crippen LogP contribution in [0.25, 0.3) is 0 Å². The first-order chi connectivity index (χ1) is 10.8. The van der Waals surface area contributed by atoms with E-state index in [0.717, 1.165) is 4.90 Å². The van der Waals surface area contributed by atoms with E-state index < -0.39 is 18.6 Å². The van der Waals surface area contributed by atoms with Gasteiger partial charge >= 0.3 is 6.18 Å². The molecule has 0 aliphatic rings. The molecule has 1 amide bonds. The van der Waals surface area contributed by atoms with Crippen LogP contribution in [0.15, 0.2) is 47.5 Å². The van der Waals surface area contributed by atoms with Crippen molar-refractivity contribution in [1.29, 1.82) is 0 Å². The van der Waals surface area contributed by atoms with Crippen LogP contribution in [-0.4, -0.2) is 29.9 Å². The van der Waals surface area contributed by atoms with Crippen LogP contribution in [0.2, 0.25) is 0 Å². The van der Waals surface area contributed by atoms with Crippen LogP contribution >= 0.6 is 11.8 Å². The third kappa shape index (κ3) is 4.48. The molecule has 1 heterocycles. The Morgan fingerprint density at radius 2 is 2.00 bits per heavy atom. The average Bonchev–Trinajstić information content (AvgIpc) is 2.52. The quantitative estimate of drug-likeness (QED) is 0.777. The molecular weight excluding hydrogens is 325 g/mol. The van der Waals surface area contributed by atoms with Crippen LogP contribution in [0, 0.1) is 6.92 Å². The number of thioether (sulfide) groups is 1. The molecule has 0 saturated carbocycles. The molecular formula is C16H15F3N2OS. The smallest absolute Gasteiger partial charge is 0.283 e. The summed E-state index contributed by atoms with van der Waals surface area (Å²) in [5.41, 5.74) is 0.864. The van der Waals surface area contributed by atoms with Crippen molar-refractivity contribution in [3.8, 4) is 0 Å². The van der Waals surface area contributed by atoms with E-state index in [1.807, 2.05) is 12.3 Å². The molecule has 0 atom stereocenters. The molecule has 0 N–H and O–H groups in total. The number of carbonyl (C=O) groups is 1. The SMILES string of the molecule is CSc1ccc(C)c(C(=O)N(CC(F)(F)F)c2ccccn2)c1. The first-order valence-electron chi connectivity index (χ1n) is 6.76. The van der Waals surface area contributed by atoms with Gasteiger partial charge < -0.3 is 0 Å². The molecule has 1 aromatic heterocycles. The van der Waals surface area contributed by atoms with Crippen LogP contribution in [0.5, 0.6) is 0 Å². The minimum Gasteiger partial charge on any atom is -0.283 e. The predicted octanol–water partition coefficient (Wildman–Crippen LogP) is 4.32. The second-order valence-electron chi connectivity index (χ2n) is 4.88. The molecule has 0 aliphatic carbocycles. The zero-order valence-electron chi connectivity index (χ0n) is 12.6. The molecule has 0 bridgehead atoms. The molecule has 122 valence electrons. The molecule has 0 aliphatic heterocycles. The molecule has 23 heavy (non-hydrogen) atoms. The molecule has 0 spiro atoms. The van der Waals surface area contributed by atoms with Gasteiger partial charge in [0.25, 0.3) is 5.91 Å². The molecule has 0 saturated heterocycles. The van der Waals surface area contributed by atoms with Gasteiger partial charge in [-0.15, -0.1) is 11.8 Å². The number of anilines is 1. The van der Waals surface area contributed by atoms with Crippen molar-refractivity contribution < 1.29 is 18.0 Å². The second-order valence-corrected chi connectivity index (χ2v) is 5.75. The van der Waals surface area contributed by atoms with Gasteiger partial charge in [0, 0.05) is 16.7 Å². The number of amides is 1. The second kappa shape index (κ2) is 7.04. The van der Waals surface area contributed by atoms with Crippen molar-refractivity contribution in [2.75, 3.05) is 17.7 Å². The van der Waals surface area contributed by atoms with Crippen molar-refractivity contribution in [2.24, 2.45) is 0 Å². The van der Waals surface area contributed by atoms with Gasteiger partial charge in [0.2, 0.25) is 0 Å². The summed E-state index contributed by atoms with van der Waals surface area (Å²) in [6.45, 7) is 0.313. The Labute approximate surface area is 136 Å². The first-order valence-corrected chi connectivity index (χ1v) is 7.98. The molecule has 2 aromatic rings. The number of rotatable bonds is 4. The van der Waals surface area contributed by atoms with Crippen molar-refractivity contribution in [3.63, 3.8) is 0 Å². The molecule has 0 fully saturated rings. The van der Waals surface area contributed by atoms with Crippen LogP contribution in [0.1, 0.15) is 15.9 Å². The van der Waals surface area contributed by atoms with Gasteiger partial charge in [-0.25, -0.2) is 4.98 Å². The largest absolute Gasteiger partial charge is 0.406 e. The highest BCUT2D eigenvalue weighted by molar-refractivity contribution is 7.98. The minimum absolute atomic E-state index is 0.0243. The standard InChI is InChI=1S/C16H15F3N2OS/c1-11-6-7-12(23-2)9-13(11)15(22)21(10-16(17,18)19)14-5-3-4-8-20-14/h3-9H,10H2,1-2H3. The summed E-state index contributed by atoms with van der Waals surface area (Å²) >= 11 is 1.42. The zero-order chi connectivity index (χ0) is 17.0. The average molecular weight is 340 g/mol. The van der Waals surface area contributed by atoms with Gasteiger partial charge in [-0.2, -0.15) is 13.2 Å². The van der Waals surface area contributed by atoms with E-state index in [4.69, 9.17) is 0 Å². The molecule has 0 radical (unpaired) electrons. The number of halogens is 3. The summed E-state index contributed by atoms with van der Waals surface area (Å²) < 4.78 is 38.7. The van der Waals surface area contributed by atoms with Gasteiger partial charge in [-0.3, -0.25) is 9.69 Å². The Balaban J connectivity index is 2.45. The van der Waals surface area contributed by atoms with E-state index in [9.17, 15) is 18.0 Å². The number of aryl methyl sites for hydroxylation is 1. The lowest BCUT2D eigenvalue weighted by atomic mass is 10.1. The molecule has 2 rings (SSSR count). The third-order valence-electron chi connectivity index (χ3n) is 3.18. The van der Waals surface area contributed by atoms with Crippen LogP contribution < -0.4 is 4.90 Å². The van der Waals surface area contributed by atoms with Crippen molar-refractivity contribution >= 4 is 23.5 Å². The van der Waals surface area contributed by atoms with Crippen LogP contribution in [-0.2, 0) is 0 Å². The topological polar surface area (TPSA) is 33.2 Å². The maximum atomic E-state index is 12.9.